The van der Waals surface area contributed by atoms with E-state index in [1.165, 1.54) is 0 Å². The van der Waals surface area contributed by atoms with Crippen molar-refractivity contribution < 1.29 is 4.79 Å². The third kappa shape index (κ3) is 2.61. The van der Waals surface area contributed by atoms with Gasteiger partial charge >= 0.3 is 0 Å². The molecule has 2 heterocycles. The van der Waals surface area contributed by atoms with Crippen LogP contribution < -0.4 is 10.6 Å². The minimum atomic E-state index is 0.123. The molecule has 1 aliphatic rings. The predicted octanol–water partition coefficient (Wildman–Crippen LogP) is -0.145. The maximum Gasteiger partial charge on any atom is 0.224 e. The van der Waals surface area contributed by atoms with E-state index in [4.69, 9.17) is 0 Å². The smallest absolute Gasteiger partial charge is 0.224 e. The van der Waals surface area contributed by atoms with Crippen molar-refractivity contribution in [2.75, 3.05) is 19.6 Å². The third-order valence-electron chi connectivity index (χ3n) is 3.05. The summed E-state index contributed by atoms with van der Waals surface area (Å²) in [5, 5.41) is 10.3. The number of nitrogens with zero attached hydrogens (tertiary/aromatic N) is 2. The second kappa shape index (κ2) is 5.12. The number of rotatable bonds is 4. The molecule has 1 aromatic rings. The zero-order chi connectivity index (χ0) is 11.4. The monoisotopic (exact) mass is 222 g/mol. The summed E-state index contributed by atoms with van der Waals surface area (Å²) in [7, 11) is 0. The van der Waals surface area contributed by atoms with Gasteiger partial charge in [0.1, 0.15) is 0 Å². The largest absolute Gasteiger partial charge is 0.354 e. The normalized spacial score (nSPS) is 24.6. The zero-order valence-corrected chi connectivity index (χ0v) is 9.52. The highest BCUT2D eigenvalue weighted by molar-refractivity contribution is 5.79. The summed E-state index contributed by atoms with van der Waals surface area (Å²) in [5.41, 5.74) is 0. The minimum absolute atomic E-state index is 0.123. The third-order valence-corrected chi connectivity index (χ3v) is 3.05. The van der Waals surface area contributed by atoms with Crippen LogP contribution in [0.5, 0.6) is 0 Å². The average molecular weight is 222 g/mol. The molecule has 2 rings (SSSR count). The molecule has 2 atom stereocenters. The van der Waals surface area contributed by atoms with Crippen LogP contribution in [-0.2, 0) is 11.3 Å². The van der Waals surface area contributed by atoms with Crippen LogP contribution in [0.1, 0.15) is 6.92 Å². The first kappa shape index (κ1) is 11.1. The maximum atomic E-state index is 11.8. The van der Waals surface area contributed by atoms with E-state index in [0.29, 0.717) is 12.5 Å². The molecule has 5 nitrogen and oxygen atoms in total. The van der Waals surface area contributed by atoms with Crippen LogP contribution in [0.2, 0.25) is 0 Å². The van der Waals surface area contributed by atoms with Crippen molar-refractivity contribution in [2.24, 2.45) is 11.8 Å². The van der Waals surface area contributed by atoms with Crippen LogP contribution in [-0.4, -0.2) is 35.3 Å². The molecule has 2 N–H and O–H groups in total. The van der Waals surface area contributed by atoms with E-state index in [1.807, 2.05) is 16.9 Å². The lowest BCUT2D eigenvalue weighted by molar-refractivity contribution is -0.125. The van der Waals surface area contributed by atoms with E-state index in [1.54, 1.807) is 6.20 Å². The molecule has 0 spiro atoms. The molecule has 0 saturated carbocycles. The fourth-order valence-electron chi connectivity index (χ4n) is 2.02. The van der Waals surface area contributed by atoms with Crippen LogP contribution in [0.15, 0.2) is 18.5 Å². The second-order valence-corrected chi connectivity index (χ2v) is 4.30. The summed E-state index contributed by atoms with van der Waals surface area (Å²) in [4.78, 5) is 11.8. The average Bonchev–Trinajstić information content (AvgIpc) is 2.88. The standard InChI is InChI=1S/C11H18N4O/c1-9-7-12-8-10(9)11(16)13-4-6-15-5-2-3-14-15/h2-3,5,9-10,12H,4,6-8H2,1H3,(H,13,16). The van der Waals surface area contributed by atoms with Crippen LogP contribution in [0.4, 0.5) is 0 Å². The molecule has 1 aromatic heterocycles. The van der Waals surface area contributed by atoms with Crippen molar-refractivity contribution in [3.63, 3.8) is 0 Å². The molecule has 2 unspecified atom stereocenters. The minimum Gasteiger partial charge on any atom is -0.354 e. The SMILES string of the molecule is CC1CNCC1C(=O)NCCn1cccn1. The molecule has 1 amide bonds. The van der Waals surface area contributed by atoms with Crippen LogP contribution in [0.25, 0.3) is 0 Å². The van der Waals surface area contributed by atoms with Gasteiger partial charge < -0.3 is 10.6 Å². The Hall–Kier alpha value is -1.36. The van der Waals surface area contributed by atoms with E-state index in [9.17, 15) is 4.79 Å². The summed E-state index contributed by atoms with van der Waals surface area (Å²) in [5.74, 6) is 0.715. The Morgan fingerprint density at radius 2 is 2.50 bits per heavy atom. The Morgan fingerprint density at radius 1 is 1.62 bits per heavy atom. The fourth-order valence-corrected chi connectivity index (χ4v) is 2.02. The van der Waals surface area contributed by atoms with Gasteiger partial charge in [0, 0.05) is 25.5 Å². The van der Waals surface area contributed by atoms with E-state index < -0.39 is 0 Å². The van der Waals surface area contributed by atoms with Crippen LogP contribution >= 0.6 is 0 Å². The summed E-state index contributed by atoms with van der Waals surface area (Å²) < 4.78 is 1.82. The number of carbonyl (C=O) groups excluding carboxylic acids is 1. The van der Waals surface area contributed by atoms with Gasteiger partial charge in [0.2, 0.25) is 5.91 Å². The molecule has 1 saturated heterocycles. The van der Waals surface area contributed by atoms with Gasteiger partial charge in [-0.1, -0.05) is 6.92 Å². The molecule has 0 radical (unpaired) electrons. The number of amides is 1. The van der Waals surface area contributed by atoms with Crippen LogP contribution in [0, 0.1) is 11.8 Å². The molecule has 5 heteroatoms. The van der Waals surface area contributed by atoms with Crippen molar-refractivity contribution in [2.45, 2.75) is 13.5 Å². The number of aromatic nitrogens is 2. The maximum absolute atomic E-state index is 11.8. The van der Waals surface area contributed by atoms with Gasteiger partial charge in [-0.2, -0.15) is 5.10 Å². The Labute approximate surface area is 95.2 Å². The first-order valence-corrected chi connectivity index (χ1v) is 5.73. The number of hydrogen-bond acceptors (Lipinski definition) is 3. The lowest BCUT2D eigenvalue weighted by Crippen LogP contribution is -2.36. The number of nitrogens with one attached hydrogen (secondary N) is 2. The predicted molar refractivity (Wildman–Crippen MR) is 60.8 cm³/mol. The topological polar surface area (TPSA) is 59.0 Å². The van der Waals surface area contributed by atoms with Crippen molar-refractivity contribution in [1.29, 1.82) is 0 Å². The Morgan fingerprint density at radius 3 is 3.12 bits per heavy atom. The molecule has 0 aromatic carbocycles. The lowest BCUT2D eigenvalue weighted by Gasteiger charge is -2.14. The summed E-state index contributed by atoms with van der Waals surface area (Å²) in [6.45, 7) is 5.22. The Bertz CT molecular complexity index is 336. The van der Waals surface area contributed by atoms with Gasteiger partial charge in [-0.3, -0.25) is 9.48 Å². The molecule has 1 aliphatic heterocycles. The van der Waals surface area contributed by atoms with Gasteiger partial charge in [0.05, 0.1) is 12.5 Å². The Balaban J connectivity index is 1.71. The quantitative estimate of drug-likeness (QED) is 0.745. The molecular weight excluding hydrogens is 204 g/mol. The molecule has 88 valence electrons. The van der Waals surface area contributed by atoms with E-state index in [0.717, 1.165) is 19.6 Å². The highest BCUT2D eigenvalue weighted by Gasteiger charge is 2.28. The second-order valence-electron chi connectivity index (χ2n) is 4.30. The highest BCUT2D eigenvalue weighted by atomic mass is 16.1. The number of hydrogen-bond donors (Lipinski definition) is 2. The summed E-state index contributed by atoms with van der Waals surface area (Å²) >= 11 is 0. The van der Waals surface area contributed by atoms with Gasteiger partial charge in [0.15, 0.2) is 0 Å². The van der Waals surface area contributed by atoms with Gasteiger partial charge in [-0.25, -0.2) is 0 Å². The molecule has 0 aliphatic carbocycles. The number of carbonyl (C=O) groups is 1. The highest BCUT2D eigenvalue weighted by Crippen LogP contribution is 2.15. The van der Waals surface area contributed by atoms with E-state index >= 15 is 0 Å². The molecule has 0 bridgehead atoms. The van der Waals surface area contributed by atoms with Gasteiger partial charge in [-0.05, 0) is 18.5 Å². The summed E-state index contributed by atoms with van der Waals surface area (Å²) in [6.07, 6.45) is 3.64. The zero-order valence-electron chi connectivity index (χ0n) is 9.52. The molecular formula is C11H18N4O. The molecule has 1 fully saturated rings. The first-order chi connectivity index (χ1) is 7.77. The van der Waals surface area contributed by atoms with E-state index in [-0.39, 0.29) is 11.8 Å². The fraction of sp³-hybridized carbons (Fsp3) is 0.636. The van der Waals surface area contributed by atoms with Crippen molar-refractivity contribution in [1.82, 2.24) is 20.4 Å². The van der Waals surface area contributed by atoms with E-state index in [2.05, 4.69) is 22.7 Å². The van der Waals surface area contributed by atoms with Gasteiger partial charge in [0.25, 0.3) is 0 Å². The lowest BCUT2D eigenvalue weighted by atomic mass is 9.97. The Kier molecular flexibility index (Phi) is 3.56. The van der Waals surface area contributed by atoms with Crippen molar-refractivity contribution >= 4 is 5.91 Å². The molecule has 16 heavy (non-hydrogen) atoms. The van der Waals surface area contributed by atoms with Crippen LogP contribution in [0.3, 0.4) is 0 Å². The van der Waals surface area contributed by atoms with Gasteiger partial charge in [-0.15, -0.1) is 0 Å². The van der Waals surface area contributed by atoms with Crippen molar-refractivity contribution in [3.8, 4) is 0 Å². The van der Waals surface area contributed by atoms with Crippen molar-refractivity contribution in [3.05, 3.63) is 18.5 Å². The first-order valence-electron chi connectivity index (χ1n) is 5.73. The summed E-state index contributed by atoms with van der Waals surface area (Å²) in [6, 6.07) is 1.88.